The summed E-state index contributed by atoms with van der Waals surface area (Å²) < 4.78 is 0. The minimum Gasteiger partial charge on any atom is -0.384 e. The highest BCUT2D eigenvalue weighted by atomic mass is 15.1. The van der Waals surface area contributed by atoms with Gasteiger partial charge in [-0.25, -0.2) is 4.98 Å². The summed E-state index contributed by atoms with van der Waals surface area (Å²) in [6.07, 6.45) is 5.80. The van der Waals surface area contributed by atoms with Crippen LogP contribution >= 0.6 is 0 Å². The summed E-state index contributed by atoms with van der Waals surface area (Å²) in [6.45, 7) is 4.60. The summed E-state index contributed by atoms with van der Waals surface area (Å²) in [5.41, 5.74) is 6.78. The van der Waals surface area contributed by atoms with Crippen LogP contribution in [-0.4, -0.2) is 18.1 Å². The number of anilines is 2. The fourth-order valence-corrected chi connectivity index (χ4v) is 2.18. The van der Waals surface area contributed by atoms with Gasteiger partial charge in [-0.15, -0.1) is 0 Å². The van der Waals surface area contributed by atoms with Crippen LogP contribution in [0.5, 0.6) is 0 Å². The topological polar surface area (TPSA) is 42.1 Å². The molecule has 3 heteroatoms. The molecule has 0 unspecified atom stereocenters. The molecule has 82 valence electrons. The van der Waals surface area contributed by atoms with Crippen LogP contribution < -0.4 is 10.6 Å². The molecule has 0 radical (unpaired) electrons. The van der Waals surface area contributed by atoms with Gasteiger partial charge < -0.3 is 10.6 Å². The Morgan fingerprint density at radius 3 is 2.67 bits per heavy atom. The number of pyridine rings is 1. The summed E-state index contributed by atoms with van der Waals surface area (Å²) in [5.74, 6) is 1.52. The smallest absolute Gasteiger partial charge is 0.123 e. The number of nitrogen functional groups attached to an aromatic ring is 1. The largest absolute Gasteiger partial charge is 0.384 e. The number of rotatable bonds is 2. The van der Waals surface area contributed by atoms with Crippen molar-refractivity contribution in [1.29, 1.82) is 0 Å². The molecule has 0 amide bonds. The van der Waals surface area contributed by atoms with Crippen molar-refractivity contribution >= 4 is 11.5 Å². The Morgan fingerprint density at radius 1 is 1.40 bits per heavy atom. The van der Waals surface area contributed by atoms with E-state index >= 15 is 0 Å². The Kier molecular flexibility index (Phi) is 3.09. The molecule has 0 aliphatic carbocycles. The first-order valence-electron chi connectivity index (χ1n) is 5.76. The van der Waals surface area contributed by atoms with Crippen LogP contribution in [-0.2, 0) is 0 Å². The lowest BCUT2D eigenvalue weighted by Crippen LogP contribution is -2.33. The molecule has 0 atom stereocenters. The molecular formula is C12H19N3. The molecule has 2 rings (SSSR count). The van der Waals surface area contributed by atoms with Crippen molar-refractivity contribution in [3.63, 3.8) is 0 Å². The third-order valence-electron chi connectivity index (χ3n) is 3.33. The van der Waals surface area contributed by atoms with Crippen molar-refractivity contribution in [2.24, 2.45) is 5.92 Å². The number of nitrogens with two attached hydrogens (primary N) is 1. The van der Waals surface area contributed by atoms with E-state index < -0.39 is 0 Å². The van der Waals surface area contributed by atoms with Crippen molar-refractivity contribution in [1.82, 2.24) is 4.98 Å². The number of hydrogen-bond donors (Lipinski definition) is 1. The van der Waals surface area contributed by atoms with Crippen molar-refractivity contribution in [2.45, 2.75) is 26.2 Å². The van der Waals surface area contributed by atoms with Crippen LogP contribution in [0.4, 0.5) is 11.5 Å². The van der Waals surface area contributed by atoms with Crippen molar-refractivity contribution in [3.05, 3.63) is 18.3 Å². The summed E-state index contributed by atoms with van der Waals surface area (Å²) in [7, 11) is 0. The standard InChI is InChI=1S/C12H19N3/c1-2-10-5-7-15(8-6-10)11-3-4-12(13)14-9-11/h3-4,9-10H,2,5-8H2,1H3,(H2,13,14). The number of piperidine rings is 1. The third kappa shape index (κ3) is 2.41. The summed E-state index contributed by atoms with van der Waals surface area (Å²) in [6, 6.07) is 3.94. The van der Waals surface area contributed by atoms with E-state index in [9.17, 15) is 0 Å². The number of nitrogens with zero attached hydrogens (tertiary/aromatic N) is 2. The molecule has 0 spiro atoms. The molecule has 1 aromatic heterocycles. The van der Waals surface area contributed by atoms with E-state index in [0.717, 1.165) is 19.0 Å². The molecule has 1 aliphatic rings. The monoisotopic (exact) mass is 205 g/mol. The van der Waals surface area contributed by atoms with Crippen LogP contribution in [0.25, 0.3) is 0 Å². The van der Waals surface area contributed by atoms with E-state index in [1.807, 2.05) is 12.3 Å². The molecule has 3 nitrogen and oxygen atoms in total. The SMILES string of the molecule is CCC1CCN(c2ccc(N)nc2)CC1. The second kappa shape index (κ2) is 4.51. The quantitative estimate of drug-likeness (QED) is 0.805. The highest BCUT2D eigenvalue weighted by Crippen LogP contribution is 2.24. The molecule has 1 aliphatic heterocycles. The Bertz CT molecular complexity index is 299. The first-order chi connectivity index (χ1) is 7.29. The lowest BCUT2D eigenvalue weighted by molar-refractivity contribution is 0.395. The van der Waals surface area contributed by atoms with E-state index in [0.29, 0.717) is 5.82 Å². The molecule has 0 bridgehead atoms. The van der Waals surface area contributed by atoms with Crippen molar-refractivity contribution in [2.75, 3.05) is 23.7 Å². The maximum Gasteiger partial charge on any atom is 0.123 e. The van der Waals surface area contributed by atoms with Crippen LogP contribution in [0, 0.1) is 5.92 Å². The Hall–Kier alpha value is -1.25. The van der Waals surface area contributed by atoms with Gasteiger partial charge in [0.25, 0.3) is 0 Å². The summed E-state index contributed by atoms with van der Waals surface area (Å²) >= 11 is 0. The average molecular weight is 205 g/mol. The summed E-state index contributed by atoms with van der Waals surface area (Å²) in [4.78, 5) is 6.53. The minimum absolute atomic E-state index is 0.599. The predicted octanol–water partition coefficient (Wildman–Crippen LogP) is 2.29. The first kappa shape index (κ1) is 10.3. The molecule has 1 fully saturated rings. The van der Waals surface area contributed by atoms with Gasteiger partial charge in [0.05, 0.1) is 11.9 Å². The van der Waals surface area contributed by atoms with Gasteiger partial charge in [-0.2, -0.15) is 0 Å². The van der Waals surface area contributed by atoms with Gasteiger partial charge in [0.1, 0.15) is 5.82 Å². The van der Waals surface area contributed by atoms with Crippen LogP contribution in [0.15, 0.2) is 18.3 Å². The van der Waals surface area contributed by atoms with E-state index in [1.54, 1.807) is 0 Å². The van der Waals surface area contributed by atoms with E-state index in [1.165, 1.54) is 24.9 Å². The van der Waals surface area contributed by atoms with Crippen molar-refractivity contribution in [3.8, 4) is 0 Å². The molecule has 1 saturated heterocycles. The van der Waals surface area contributed by atoms with Gasteiger partial charge in [0.15, 0.2) is 0 Å². The van der Waals surface area contributed by atoms with E-state index in [-0.39, 0.29) is 0 Å². The molecule has 2 heterocycles. The van der Waals surface area contributed by atoms with Crippen LogP contribution in [0.2, 0.25) is 0 Å². The lowest BCUT2D eigenvalue weighted by atomic mass is 9.94. The first-order valence-corrected chi connectivity index (χ1v) is 5.76. The zero-order valence-electron chi connectivity index (χ0n) is 9.32. The zero-order valence-corrected chi connectivity index (χ0v) is 9.32. The second-order valence-corrected chi connectivity index (χ2v) is 4.28. The Labute approximate surface area is 91.3 Å². The average Bonchev–Trinajstić information content (AvgIpc) is 2.30. The minimum atomic E-state index is 0.599. The Morgan fingerprint density at radius 2 is 2.13 bits per heavy atom. The normalized spacial score (nSPS) is 18.1. The van der Waals surface area contributed by atoms with Gasteiger partial charge in [-0.1, -0.05) is 13.3 Å². The van der Waals surface area contributed by atoms with E-state index in [4.69, 9.17) is 5.73 Å². The van der Waals surface area contributed by atoms with Gasteiger partial charge in [0.2, 0.25) is 0 Å². The molecule has 0 aromatic carbocycles. The Balaban J connectivity index is 1.98. The fourth-order valence-electron chi connectivity index (χ4n) is 2.18. The van der Waals surface area contributed by atoms with Gasteiger partial charge in [0, 0.05) is 13.1 Å². The zero-order chi connectivity index (χ0) is 10.7. The highest BCUT2D eigenvalue weighted by molar-refractivity contribution is 5.48. The number of hydrogen-bond acceptors (Lipinski definition) is 3. The maximum absolute atomic E-state index is 5.57. The fraction of sp³-hybridized carbons (Fsp3) is 0.583. The highest BCUT2D eigenvalue weighted by Gasteiger charge is 2.17. The summed E-state index contributed by atoms with van der Waals surface area (Å²) in [5, 5.41) is 0. The molecule has 15 heavy (non-hydrogen) atoms. The number of aromatic nitrogens is 1. The van der Waals surface area contributed by atoms with Gasteiger partial charge >= 0.3 is 0 Å². The van der Waals surface area contributed by atoms with Crippen molar-refractivity contribution < 1.29 is 0 Å². The second-order valence-electron chi connectivity index (χ2n) is 4.28. The molecular weight excluding hydrogens is 186 g/mol. The molecule has 1 aromatic rings. The van der Waals surface area contributed by atoms with Gasteiger partial charge in [-0.3, -0.25) is 0 Å². The van der Waals surface area contributed by atoms with E-state index in [2.05, 4.69) is 22.9 Å². The van der Waals surface area contributed by atoms with Crippen LogP contribution in [0.1, 0.15) is 26.2 Å². The third-order valence-corrected chi connectivity index (χ3v) is 3.33. The maximum atomic E-state index is 5.57. The lowest BCUT2D eigenvalue weighted by Gasteiger charge is -2.32. The predicted molar refractivity (Wildman–Crippen MR) is 63.9 cm³/mol. The molecule has 2 N–H and O–H groups in total. The van der Waals surface area contributed by atoms with Crippen LogP contribution in [0.3, 0.4) is 0 Å². The van der Waals surface area contributed by atoms with Gasteiger partial charge in [-0.05, 0) is 30.9 Å². The molecule has 0 saturated carbocycles.